The minimum absolute atomic E-state index is 0.0708. The summed E-state index contributed by atoms with van der Waals surface area (Å²) in [6, 6.07) is 0. The normalized spacial score (nSPS) is 21.6. The SMILES string of the molecule is CC(C)OC1=C(OC(C)C)C(O)C1=O. The van der Waals surface area contributed by atoms with E-state index in [4.69, 9.17) is 9.47 Å². The minimum atomic E-state index is -1.13. The second-order valence-corrected chi connectivity index (χ2v) is 3.79. The number of hydrogen-bond donors (Lipinski definition) is 1. The van der Waals surface area contributed by atoms with Crippen molar-refractivity contribution in [3.05, 3.63) is 11.5 Å². The van der Waals surface area contributed by atoms with Gasteiger partial charge in [0.1, 0.15) is 0 Å². The third-order valence-electron chi connectivity index (χ3n) is 1.66. The first-order chi connectivity index (χ1) is 6.43. The fraction of sp³-hybridized carbons (Fsp3) is 0.700. The maximum Gasteiger partial charge on any atom is 0.237 e. The third kappa shape index (κ3) is 2.07. The summed E-state index contributed by atoms with van der Waals surface area (Å²) in [6.45, 7) is 7.29. The number of hydrogen-bond acceptors (Lipinski definition) is 4. The zero-order chi connectivity index (χ0) is 10.9. The highest BCUT2D eigenvalue weighted by molar-refractivity contribution is 6.06. The van der Waals surface area contributed by atoms with Crippen LogP contribution < -0.4 is 0 Å². The fourth-order valence-corrected chi connectivity index (χ4v) is 1.13. The van der Waals surface area contributed by atoms with Gasteiger partial charge in [0.05, 0.1) is 12.2 Å². The quantitative estimate of drug-likeness (QED) is 0.735. The number of Topliss-reactive ketones (excluding diaryl/α,β-unsaturated/α-hetero) is 1. The highest BCUT2D eigenvalue weighted by Crippen LogP contribution is 2.28. The van der Waals surface area contributed by atoms with Gasteiger partial charge in [-0.05, 0) is 27.7 Å². The third-order valence-corrected chi connectivity index (χ3v) is 1.66. The highest BCUT2D eigenvalue weighted by Gasteiger charge is 2.42. The zero-order valence-electron chi connectivity index (χ0n) is 8.90. The van der Waals surface area contributed by atoms with Gasteiger partial charge in [-0.3, -0.25) is 4.79 Å². The molecule has 1 aliphatic carbocycles. The van der Waals surface area contributed by atoms with Crippen LogP contribution in [0.5, 0.6) is 0 Å². The lowest BCUT2D eigenvalue weighted by molar-refractivity contribution is -0.135. The van der Waals surface area contributed by atoms with E-state index < -0.39 is 11.9 Å². The molecule has 0 heterocycles. The van der Waals surface area contributed by atoms with Gasteiger partial charge in [-0.2, -0.15) is 0 Å². The zero-order valence-corrected chi connectivity index (χ0v) is 8.90. The molecule has 1 N–H and O–H groups in total. The molecule has 0 fully saturated rings. The van der Waals surface area contributed by atoms with Gasteiger partial charge in [-0.1, -0.05) is 0 Å². The van der Waals surface area contributed by atoms with Gasteiger partial charge in [-0.15, -0.1) is 0 Å². The van der Waals surface area contributed by atoms with Crippen LogP contribution in [0.15, 0.2) is 11.5 Å². The smallest absolute Gasteiger partial charge is 0.237 e. The van der Waals surface area contributed by atoms with E-state index in [1.54, 1.807) is 0 Å². The number of ketones is 1. The molecule has 4 nitrogen and oxygen atoms in total. The van der Waals surface area contributed by atoms with Gasteiger partial charge in [0, 0.05) is 0 Å². The molecule has 0 aliphatic heterocycles. The molecule has 0 aromatic rings. The molecule has 80 valence electrons. The molecule has 14 heavy (non-hydrogen) atoms. The molecular weight excluding hydrogens is 184 g/mol. The second kappa shape index (κ2) is 4.00. The molecule has 0 amide bonds. The Balaban J connectivity index is 2.74. The number of carbonyl (C=O) groups excluding carboxylic acids is 1. The Kier molecular flexibility index (Phi) is 3.16. The first-order valence-electron chi connectivity index (χ1n) is 4.73. The van der Waals surface area contributed by atoms with E-state index in [0.717, 1.165) is 0 Å². The standard InChI is InChI=1S/C10H16O4/c1-5(2)13-9-7(11)8(12)10(9)14-6(3)4/h5-7,11H,1-4H3. The second-order valence-electron chi connectivity index (χ2n) is 3.79. The number of ether oxygens (including phenoxy) is 2. The van der Waals surface area contributed by atoms with Crippen LogP contribution in [0.4, 0.5) is 0 Å². The molecule has 4 heteroatoms. The Morgan fingerprint density at radius 2 is 1.64 bits per heavy atom. The summed E-state index contributed by atoms with van der Waals surface area (Å²) in [5, 5.41) is 9.30. The summed E-state index contributed by atoms with van der Waals surface area (Å²) in [5.74, 6) is 0.0363. The summed E-state index contributed by atoms with van der Waals surface area (Å²) in [5.41, 5.74) is 0. The van der Waals surface area contributed by atoms with Crippen LogP contribution in [0, 0.1) is 0 Å². The van der Waals surface area contributed by atoms with Crippen molar-refractivity contribution < 1.29 is 19.4 Å². The summed E-state index contributed by atoms with van der Waals surface area (Å²) < 4.78 is 10.5. The average molecular weight is 200 g/mol. The summed E-state index contributed by atoms with van der Waals surface area (Å²) >= 11 is 0. The maximum atomic E-state index is 11.2. The number of carbonyl (C=O) groups is 1. The largest absolute Gasteiger partial charge is 0.488 e. The number of aliphatic hydroxyl groups is 1. The molecule has 0 aromatic heterocycles. The minimum Gasteiger partial charge on any atom is -0.488 e. The van der Waals surface area contributed by atoms with E-state index in [1.807, 2.05) is 27.7 Å². The van der Waals surface area contributed by atoms with Crippen LogP contribution in [0.2, 0.25) is 0 Å². The van der Waals surface area contributed by atoms with E-state index in [1.165, 1.54) is 0 Å². The number of rotatable bonds is 4. The van der Waals surface area contributed by atoms with Crippen molar-refractivity contribution in [3.8, 4) is 0 Å². The van der Waals surface area contributed by atoms with Crippen molar-refractivity contribution in [2.24, 2.45) is 0 Å². The lowest BCUT2D eigenvalue weighted by atomic mass is 9.99. The Morgan fingerprint density at radius 1 is 1.14 bits per heavy atom. The van der Waals surface area contributed by atoms with Crippen molar-refractivity contribution in [2.45, 2.75) is 46.0 Å². The molecule has 1 aliphatic rings. The fourth-order valence-electron chi connectivity index (χ4n) is 1.13. The van der Waals surface area contributed by atoms with Gasteiger partial charge in [0.2, 0.25) is 11.5 Å². The van der Waals surface area contributed by atoms with Gasteiger partial charge < -0.3 is 14.6 Å². The maximum absolute atomic E-state index is 11.2. The number of aliphatic hydroxyl groups excluding tert-OH is 1. The predicted octanol–water partition coefficient (Wildman–Crippen LogP) is 0.992. The molecule has 1 unspecified atom stereocenters. The molecule has 0 saturated carbocycles. The molecule has 1 rings (SSSR count). The van der Waals surface area contributed by atoms with Gasteiger partial charge in [0.25, 0.3) is 0 Å². The van der Waals surface area contributed by atoms with Crippen molar-refractivity contribution in [1.82, 2.24) is 0 Å². The van der Waals surface area contributed by atoms with E-state index in [-0.39, 0.29) is 23.7 Å². The van der Waals surface area contributed by atoms with Gasteiger partial charge >= 0.3 is 0 Å². The molecule has 0 aromatic carbocycles. The van der Waals surface area contributed by atoms with Crippen molar-refractivity contribution >= 4 is 5.78 Å². The lowest BCUT2D eigenvalue weighted by Crippen LogP contribution is -2.40. The van der Waals surface area contributed by atoms with E-state index >= 15 is 0 Å². The van der Waals surface area contributed by atoms with Crippen molar-refractivity contribution in [3.63, 3.8) is 0 Å². The lowest BCUT2D eigenvalue weighted by Gasteiger charge is -2.29. The van der Waals surface area contributed by atoms with Crippen LogP contribution in [-0.4, -0.2) is 29.2 Å². The summed E-state index contributed by atoms with van der Waals surface area (Å²) in [7, 11) is 0. The van der Waals surface area contributed by atoms with E-state index in [9.17, 15) is 9.90 Å². The molecule has 0 saturated heterocycles. The van der Waals surface area contributed by atoms with Crippen LogP contribution in [0.25, 0.3) is 0 Å². The van der Waals surface area contributed by atoms with Crippen molar-refractivity contribution in [2.75, 3.05) is 0 Å². The Labute approximate surface area is 83.5 Å². The highest BCUT2D eigenvalue weighted by atomic mass is 16.5. The Bertz CT molecular complexity index is 265. The van der Waals surface area contributed by atoms with Crippen LogP contribution >= 0.6 is 0 Å². The van der Waals surface area contributed by atoms with E-state index in [2.05, 4.69) is 0 Å². The van der Waals surface area contributed by atoms with Crippen LogP contribution in [0.1, 0.15) is 27.7 Å². The van der Waals surface area contributed by atoms with Gasteiger partial charge in [0.15, 0.2) is 11.9 Å². The molecular formula is C10H16O4. The van der Waals surface area contributed by atoms with Crippen LogP contribution in [-0.2, 0) is 14.3 Å². The molecule has 0 bridgehead atoms. The molecule has 1 atom stereocenters. The monoisotopic (exact) mass is 200 g/mol. The van der Waals surface area contributed by atoms with Gasteiger partial charge in [-0.25, -0.2) is 0 Å². The van der Waals surface area contributed by atoms with Crippen LogP contribution in [0.3, 0.4) is 0 Å². The van der Waals surface area contributed by atoms with Crippen molar-refractivity contribution in [1.29, 1.82) is 0 Å². The summed E-state index contributed by atoms with van der Waals surface area (Å²) in [4.78, 5) is 11.2. The topological polar surface area (TPSA) is 55.8 Å². The summed E-state index contributed by atoms with van der Waals surface area (Å²) in [6.07, 6.45) is -1.29. The molecule has 0 spiro atoms. The Morgan fingerprint density at radius 3 is 2.07 bits per heavy atom. The first-order valence-corrected chi connectivity index (χ1v) is 4.73. The molecule has 0 radical (unpaired) electrons. The average Bonchev–Trinajstić information content (AvgIpc) is 2.09. The first kappa shape index (κ1) is 11.0. The van der Waals surface area contributed by atoms with E-state index in [0.29, 0.717) is 0 Å². The predicted molar refractivity (Wildman–Crippen MR) is 50.5 cm³/mol. The Hall–Kier alpha value is -1.03.